The van der Waals surface area contributed by atoms with Gasteiger partial charge in [0.2, 0.25) is 5.91 Å². The van der Waals surface area contributed by atoms with Gasteiger partial charge in [-0.3, -0.25) is 9.59 Å². The maximum absolute atomic E-state index is 12.8. The number of nitrogens with one attached hydrogen (secondary N) is 1. The summed E-state index contributed by atoms with van der Waals surface area (Å²) in [5.41, 5.74) is 5.77. The lowest BCUT2D eigenvalue weighted by molar-refractivity contribution is -0.133. The second kappa shape index (κ2) is 4.73. The van der Waals surface area contributed by atoms with Gasteiger partial charge in [0.1, 0.15) is 10.4 Å². The zero-order valence-electron chi connectivity index (χ0n) is 12.0. The Hall–Kier alpha value is -2.08. The summed E-state index contributed by atoms with van der Waals surface area (Å²) in [6, 6.07) is 7.68. The van der Waals surface area contributed by atoms with Gasteiger partial charge in [0.25, 0.3) is 5.91 Å². The number of hydrogen-bond acceptors (Lipinski definition) is 4. The molecular formula is C15H17N3O2S. The van der Waals surface area contributed by atoms with Gasteiger partial charge in [0.05, 0.1) is 5.69 Å². The molecule has 1 aromatic carbocycles. The highest BCUT2D eigenvalue weighted by atomic mass is 32.1. The summed E-state index contributed by atoms with van der Waals surface area (Å²) in [7, 11) is 0. The minimum atomic E-state index is -0.863. The molecule has 2 amide bonds. The highest BCUT2D eigenvalue weighted by molar-refractivity contribution is 7.21. The second-order valence-electron chi connectivity index (χ2n) is 5.61. The molecule has 0 saturated carbocycles. The first-order valence-corrected chi connectivity index (χ1v) is 7.62. The second-order valence-corrected chi connectivity index (χ2v) is 6.66. The van der Waals surface area contributed by atoms with Crippen molar-refractivity contribution in [1.82, 2.24) is 10.2 Å². The zero-order chi connectivity index (χ0) is 15.2. The molecule has 0 atom stereocenters. The number of nitrogens with zero attached hydrogens (tertiary/aromatic N) is 1. The lowest BCUT2D eigenvalue weighted by Crippen LogP contribution is -2.63. The van der Waals surface area contributed by atoms with Gasteiger partial charge in [0.15, 0.2) is 0 Å². The van der Waals surface area contributed by atoms with Gasteiger partial charge in [-0.2, -0.15) is 0 Å². The SMILES string of the molecule is CC1(C)C(=O)NCCN1C(=O)c1sc2ccccc2c1N. The van der Waals surface area contributed by atoms with Crippen molar-refractivity contribution >= 4 is 38.9 Å². The van der Waals surface area contributed by atoms with E-state index in [-0.39, 0.29) is 11.8 Å². The summed E-state index contributed by atoms with van der Waals surface area (Å²) in [4.78, 5) is 26.9. The van der Waals surface area contributed by atoms with E-state index in [4.69, 9.17) is 5.73 Å². The Bertz CT molecular complexity index is 736. The first kappa shape index (κ1) is 13.9. The van der Waals surface area contributed by atoms with Crippen LogP contribution in [0.5, 0.6) is 0 Å². The van der Waals surface area contributed by atoms with Crippen molar-refractivity contribution in [2.24, 2.45) is 0 Å². The molecule has 6 heteroatoms. The monoisotopic (exact) mass is 303 g/mol. The smallest absolute Gasteiger partial charge is 0.267 e. The molecule has 0 radical (unpaired) electrons. The third-order valence-electron chi connectivity index (χ3n) is 3.92. The van der Waals surface area contributed by atoms with Crippen LogP contribution in [0.1, 0.15) is 23.5 Å². The van der Waals surface area contributed by atoms with E-state index >= 15 is 0 Å². The molecule has 0 bridgehead atoms. The Labute approximate surface area is 126 Å². The van der Waals surface area contributed by atoms with Gasteiger partial charge in [-0.1, -0.05) is 18.2 Å². The molecule has 0 unspecified atom stereocenters. The minimum Gasteiger partial charge on any atom is -0.397 e. The maximum atomic E-state index is 12.8. The summed E-state index contributed by atoms with van der Waals surface area (Å²) in [5, 5.41) is 3.68. The lowest BCUT2D eigenvalue weighted by Gasteiger charge is -2.41. The van der Waals surface area contributed by atoms with Crippen LogP contribution in [-0.4, -0.2) is 35.3 Å². The number of carbonyl (C=O) groups is 2. The maximum Gasteiger partial charge on any atom is 0.267 e. The fraction of sp³-hybridized carbons (Fsp3) is 0.333. The van der Waals surface area contributed by atoms with E-state index in [1.807, 2.05) is 24.3 Å². The quantitative estimate of drug-likeness (QED) is 0.844. The molecule has 5 nitrogen and oxygen atoms in total. The number of thiophene rings is 1. The number of fused-ring (bicyclic) bond motifs is 1. The van der Waals surface area contributed by atoms with Crippen molar-refractivity contribution in [3.05, 3.63) is 29.1 Å². The average molecular weight is 303 g/mol. The molecule has 0 aliphatic carbocycles. The number of carbonyl (C=O) groups excluding carboxylic acids is 2. The van der Waals surface area contributed by atoms with Crippen LogP contribution >= 0.6 is 11.3 Å². The lowest BCUT2D eigenvalue weighted by atomic mass is 9.98. The number of anilines is 1. The highest BCUT2D eigenvalue weighted by Crippen LogP contribution is 2.35. The fourth-order valence-electron chi connectivity index (χ4n) is 2.60. The zero-order valence-corrected chi connectivity index (χ0v) is 12.8. The van der Waals surface area contributed by atoms with Gasteiger partial charge in [0, 0.05) is 23.2 Å². The largest absolute Gasteiger partial charge is 0.397 e. The van der Waals surface area contributed by atoms with Crippen molar-refractivity contribution in [3.63, 3.8) is 0 Å². The molecule has 1 saturated heterocycles. The van der Waals surface area contributed by atoms with Gasteiger partial charge in [-0.25, -0.2) is 0 Å². The molecule has 1 fully saturated rings. The Morgan fingerprint density at radius 2 is 2.10 bits per heavy atom. The molecule has 21 heavy (non-hydrogen) atoms. The van der Waals surface area contributed by atoms with E-state index in [1.54, 1.807) is 18.7 Å². The van der Waals surface area contributed by atoms with Crippen LogP contribution in [0, 0.1) is 0 Å². The topological polar surface area (TPSA) is 75.4 Å². The molecule has 110 valence electrons. The van der Waals surface area contributed by atoms with E-state index in [0.29, 0.717) is 23.7 Å². The van der Waals surface area contributed by atoms with Crippen molar-refractivity contribution < 1.29 is 9.59 Å². The predicted octanol–water partition coefficient (Wildman–Crippen LogP) is 1.83. The number of nitrogens with two attached hydrogens (primary N) is 1. The molecule has 2 aromatic rings. The Balaban J connectivity index is 2.04. The van der Waals surface area contributed by atoms with E-state index in [9.17, 15) is 9.59 Å². The first-order valence-electron chi connectivity index (χ1n) is 6.80. The van der Waals surface area contributed by atoms with Crippen LogP contribution in [0.15, 0.2) is 24.3 Å². The Morgan fingerprint density at radius 1 is 1.38 bits per heavy atom. The predicted molar refractivity (Wildman–Crippen MR) is 84.4 cm³/mol. The standard InChI is InChI=1S/C15H17N3O2S/c1-15(2)14(20)17-7-8-18(15)13(19)12-11(16)9-5-3-4-6-10(9)21-12/h3-6H,7-8,16H2,1-2H3,(H,17,20). The normalized spacial score (nSPS) is 17.8. The van der Waals surface area contributed by atoms with Gasteiger partial charge < -0.3 is 16.0 Å². The molecule has 1 aliphatic rings. The molecule has 3 N–H and O–H groups in total. The Morgan fingerprint density at radius 3 is 2.81 bits per heavy atom. The van der Waals surface area contributed by atoms with Crippen LogP contribution in [0.25, 0.3) is 10.1 Å². The number of amides is 2. The van der Waals surface area contributed by atoms with Gasteiger partial charge in [-0.05, 0) is 19.9 Å². The Kier molecular flexibility index (Phi) is 3.13. The van der Waals surface area contributed by atoms with Crippen LogP contribution in [0.2, 0.25) is 0 Å². The molecule has 2 heterocycles. The number of rotatable bonds is 1. The molecule has 1 aliphatic heterocycles. The van der Waals surface area contributed by atoms with Crippen molar-refractivity contribution in [2.45, 2.75) is 19.4 Å². The fourth-order valence-corrected chi connectivity index (χ4v) is 3.67. The summed E-state index contributed by atoms with van der Waals surface area (Å²) in [5.74, 6) is -0.310. The molecular weight excluding hydrogens is 286 g/mol. The third-order valence-corrected chi connectivity index (χ3v) is 5.10. The van der Waals surface area contributed by atoms with Crippen LogP contribution < -0.4 is 11.1 Å². The van der Waals surface area contributed by atoms with Crippen molar-refractivity contribution in [2.75, 3.05) is 18.8 Å². The van der Waals surface area contributed by atoms with Crippen molar-refractivity contribution in [3.8, 4) is 0 Å². The van der Waals surface area contributed by atoms with E-state index in [1.165, 1.54) is 11.3 Å². The highest BCUT2D eigenvalue weighted by Gasteiger charge is 2.41. The minimum absolute atomic E-state index is 0.137. The number of nitrogen functional groups attached to an aromatic ring is 1. The number of benzene rings is 1. The van der Waals surface area contributed by atoms with Crippen LogP contribution in [0.4, 0.5) is 5.69 Å². The van der Waals surface area contributed by atoms with Crippen LogP contribution in [-0.2, 0) is 4.79 Å². The molecule has 0 spiro atoms. The number of piperazine rings is 1. The van der Waals surface area contributed by atoms with Crippen molar-refractivity contribution in [1.29, 1.82) is 0 Å². The van der Waals surface area contributed by atoms with Crippen LogP contribution in [0.3, 0.4) is 0 Å². The van der Waals surface area contributed by atoms with E-state index < -0.39 is 5.54 Å². The molecule has 3 rings (SSSR count). The van der Waals surface area contributed by atoms with E-state index in [0.717, 1.165) is 10.1 Å². The average Bonchev–Trinajstić information content (AvgIpc) is 2.79. The summed E-state index contributed by atoms with van der Waals surface area (Å²) >= 11 is 1.38. The summed E-state index contributed by atoms with van der Waals surface area (Å²) in [6.07, 6.45) is 0. The van der Waals surface area contributed by atoms with Gasteiger partial charge in [-0.15, -0.1) is 11.3 Å². The van der Waals surface area contributed by atoms with Gasteiger partial charge >= 0.3 is 0 Å². The molecule has 1 aromatic heterocycles. The first-order chi connectivity index (χ1) is 9.93. The number of hydrogen-bond donors (Lipinski definition) is 2. The summed E-state index contributed by atoms with van der Waals surface area (Å²) < 4.78 is 0.984. The summed E-state index contributed by atoms with van der Waals surface area (Å²) in [6.45, 7) is 4.47. The third kappa shape index (κ3) is 2.06. The van der Waals surface area contributed by atoms with E-state index in [2.05, 4.69) is 5.32 Å².